The van der Waals surface area contributed by atoms with Gasteiger partial charge in [0.25, 0.3) is 0 Å². The first-order valence-corrected chi connectivity index (χ1v) is 14.9. The highest BCUT2D eigenvalue weighted by Gasteiger charge is 2.29. The number of hydrogen-bond acceptors (Lipinski definition) is 10. The van der Waals surface area contributed by atoms with Crippen molar-refractivity contribution in [2.24, 2.45) is 0 Å². The van der Waals surface area contributed by atoms with Crippen LogP contribution < -0.4 is 18.9 Å². The van der Waals surface area contributed by atoms with Gasteiger partial charge >= 0.3 is 18.2 Å². The number of carbonyl (C=O) groups is 2. The number of pyridine rings is 1. The molecule has 0 radical (unpaired) electrons. The van der Waals surface area contributed by atoms with Crippen LogP contribution in [0.15, 0.2) is 53.8 Å². The number of para-hydroxylation sites is 2. The van der Waals surface area contributed by atoms with E-state index in [-0.39, 0.29) is 58.1 Å². The number of halogens is 3. The smallest absolute Gasteiger partial charge is 0.422 e. The van der Waals surface area contributed by atoms with Gasteiger partial charge in [0.15, 0.2) is 18.1 Å². The Bertz CT molecular complexity index is 1740. The predicted octanol–water partition coefficient (Wildman–Crippen LogP) is 4.77. The molecule has 2 heterocycles. The molecule has 246 valence electrons. The Morgan fingerprint density at radius 1 is 1.00 bits per heavy atom. The Morgan fingerprint density at radius 3 is 2.30 bits per heavy atom. The van der Waals surface area contributed by atoms with Gasteiger partial charge in [-0.25, -0.2) is 19.1 Å². The lowest BCUT2D eigenvalue weighted by atomic mass is 10.2. The highest BCUT2D eigenvalue weighted by molar-refractivity contribution is 7.84. The Balaban J connectivity index is 1.51. The van der Waals surface area contributed by atoms with Gasteiger partial charge in [-0.15, -0.1) is 0 Å². The average molecular weight is 665 g/mol. The van der Waals surface area contributed by atoms with Crippen molar-refractivity contribution in [1.82, 2.24) is 19.4 Å². The first-order chi connectivity index (χ1) is 21.9. The zero-order valence-corrected chi connectivity index (χ0v) is 26.4. The van der Waals surface area contributed by atoms with E-state index in [0.717, 1.165) is 0 Å². The van der Waals surface area contributed by atoms with Gasteiger partial charge in [0, 0.05) is 18.8 Å². The van der Waals surface area contributed by atoms with Crippen molar-refractivity contribution in [1.29, 1.82) is 0 Å². The van der Waals surface area contributed by atoms with E-state index in [4.69, 9.17) is 23.7 Å². The zero-order valence-electron chi connectivity index (χ0n) is 25.5. The summed E-state index contributed by atoms with van der Waals surface area (Å²) in [7, 11) is 3.78. The molecule has 16 heteroatoms. The van der Waals surface area contributed by atoms with Crippen molar-refractivity contribution in [3.8, 4) is 23.0 Å². The molecule has 1 unspecified atom stereocenters. The standard InChI is InChI=1S/C30H31F3N4O8S/c1-18-21(34-11-10-23(18)45-17-30(31,32)33)16-46(40)28-35-20-8-6-7-9-22(20)37(28)29(39)36(2)12-13-44-27(38)19-14-24(41-3)26(43-5)25(15-19)42-4/h6-11,14-15H,12-13,16-17H2,1-5H3. The molecule has 0 aliphatic rings. The van der Waals surface area contributed by atoms with E-state index in [1.54, 1.807) is 24.3 Å². The van der Waals surface area contributed by atoms with Crippen LogP contribution in [-0.4, -0.2) is 90.0 Å². The van der Waals surface area contributed by atoms with E-state index in [9.17, 15) is 27.0 Å². The highest BCUT2D eigenvalue weighted by atomic mass is 32.2. The van der Waals surface area contributed by atoms with E-state index in [1.807, 2.05) is 0 Å². The molecule has 46 heavy (non-hydrogen) atoms. The number of alkyl halides is 3. The summed E-state index contributed by atoms with van der Waals surface area (Å²) in [6.45, 7) is -0.204. The molecule has 0 bridgehead atoms. The number of aromatic nitrogens is 3. The van der Waals surface area contributed by atoms with Crippen molar-refractivity contribution in [3.05, 3.63) is 65.5 Å². The molecule has 0 fully saturated rings. The molecule has 0 aliphatic carbocycles. The molecular weight excluding hydrogens is 633 g/mol. The van der Waals surface area contributed by atoms with Gasteiger partial charge in [-0.2, -0.15) is 13.2 Å². The Kier molecular flexibility index (Phi) is 10.7. The van der Waals surface area contributed by atoms with Crippen molar-refractivity contribution in [3.63, 3.8) is 0 Å². The molecule has 0 spiro atoms. The third-order valence-electron chi connectivity index (χ3n) is 6.73. The fourth-order valence-corrected chi connectivity index (χ4v) is 5.62. The summed E-state index contributed by atoms with van der Waals surface area (Å²) in [6.07, 6.45) is -3.28. The minimum Gasteiger partial charge on any atom is -0.493 e. The van der Waals surface area contributed by atoms with Crippen LogP contribution >= 0.6 is 0 Å². The third-order valence-corrected chi connectivity index (χ3v) is 7.95. The average Bonchev–Trinajstić information content (AvgIpc) is 3.43. The maximum absolute atomic E-state index is 13.7. The second-order valence-corrected chi connectivity index (χ2v) is 11.1. The van der Waals surface area contributed by atoms with Gasteiger partial charge in [0.1, 0.15) is 12.4 Å². The van der Waals surface area contributed by atoms with Crippen molar-refractivity contribution in [2.45, 2.75) is 24.0 Å². The van der Waals surface area contributed by atoms with E-state index in [1.165, 1.54) is 69.2 Å². The minimum absolute atomic E-state index is 0.0349. The Morgan fingerprint density at radius 2 is 1.67 bits per heavy atom. The molecule has 0 saturated heterocycles. The minimum atomic E-state index is -4.54. The predicted molar refractivity (Wildman–Crippen MR) is 160 cm³/mol. The SMILES string of the molecule is COc1cc(C(=O)OCCN(C)C(=O)n2c(S(=O)Cc3nccc(OCC(F)(F)F)c3C)nc3ccccc32)cc(OC)c1OC. The van der Waals surface area contributed by atoms with E-state index in [2.05, 4.69) is 9.97 Å². The fourth-order valence-electron chi connectivity index (χ4n) is 4.37. The summed E-state index contributed by atoms with van der Waals surface area (Å²) in [6, 6.07) is 10.2. The van der Waals surface area contributed by atoms with Crippen LogP contribution in [0.4, 0.5) is 18.0 Å². The molecular formula is C30H31F3N4O8S. The number of amides is 1. The number of fused-ring (bicyclic) bond motifs is 1. The molecule has 2 aromatic heterocycles. The number of rotatable bonds is 12. The molecule has 4 rings (SSSR count). The van der Waals surface area contributed by atoms with Crippen LogP contribution in [0.1, 0.15) is 21.6 Å². The summed E-state index contributed by atoms with van der Waals surface area (Å²) >= 11 is 0. The van der Waals surface area contributed by atoms with Gasteiger partial charge in [-0.05, 0) is 37.3 Å². The summed E-state index contributed by atoms with van der Waals surface area (Å²) in [5.41, 5.74) is 1.41. The lowest BCUT2D eigenvalue weighted by molar-refractivity contribution is -0.153. The molecule has 0 aliphatic heterocycles. The number of nitrogens with zero attached hydrogens (tertiary/aromatic N) is 4. The summed E-state index contributed by atoms with van der Waals surface area (Å²) in [4.78, 5) is 36.3. The zero-order chi connectivity index (χ0) is 33.6. The first-order valence-electron chi connectivity index (χ1n) is 13.6. The largest absolute Gasteiger partial charge is 0.493 e. The van der Waals surface area contributed by atoms with Gasteiger partial charge in [-0.3, -0.25) is 9.19 Å². The maximum Gasteiger partial charge on any atom is 0.422 e. The maximum atomic E-state index is 13.7. The molecule has 12 nitrogen and oxygen atoms in total. The van der Waals surface area contributed by atoms with Crippen molar-refractivity contribution < 1.29 is 50.7 Å². The van der Waals surface area contributed by atoms with Crippen LogP contribution in [0, 0.1) is 6.92 Å². The fraction of sp³-hybridized carbons (Fsp3) is 0.333. The molecule has 0 N–H and O–H groups in total. The van der Waals surface area contributed by atoms with E-state index in [0.29, 0.717) is 16.8 Å². The number of methoxy groups -OCH3 is 3. The second-order valence-electron chi connectivity index (χ2n) is 9.75. The van der Waals surface area contributed by atoms with E-state index >= 15 is 0 Å². The number of carbonyl (C=O) groups excluding carboxylic acids is 2. The lowest BCUT2D eigenvalue weighted by Gasteiger charge is -2.19. The number of ether oxygens (including phenoxy) is 5. The summed E-state index contributed by atoms with van der Waals surface area (Å²) in [5.74, 6) is -0.161. The van der Waals surface area contributed by atoms with Gasteiger partial charge < -0.3 is 28.6 Å². The Hall–Kier alpha value is -4.86. The summed E-state index contributed by atoms with van der Waals surface area (Å²) in [5, 5.41) is -0.0877. The van der Waals surface area contributed by atoms with Gasteiger partial charge in [0.2, 0.25) is 10.9 Å². The lowest BCUT2D eigenvalue weighted by Crippen LogP contribution is -2.35. The molecule has 2 aromatic carbocycles. The Labute approximate surface area is 264 Å². The monoisotopic (exact) mass is 664 g/mol. The number of hydrogen-bond donors (Lipinski definition) is 0. The topological polar surface area (TPSA) is 131 Å². The normalized spacial score (nSPS) is 12.0. The number of imidazole rings is 1. The van der Waals surface area contributed by atoms with Crippen molar-refractivity contribution in [2.75, 3.05) is 48.1 Å². The van der Waals surface area contributed by atoms with Gasteiger partial charge in [-0.1, -0.05) is 12.1 Å². The molecule has 0 saturated carbocycles. The quantitative estimate of drug-likeness (QED) is 0.195. The highest BCUT2D eigenvalue weighted by Crippen LogP contribution is 2.38. The first kappa shape index (κ1) is 34.0. The third kappa shape index (κ3) is 7.67. The molecule has 1 amide bonds. The van der Waals surface area contributed by atoms with Crippen molar-refractivity contribution >= 4 is 33.8 Å². The van der Waals surface area contributed by atoms with Crippen LogP contribution in [0.2, 0.25) is 0 Å². The van der Waals surface area contributed by atoms with Crippen LogP contribution in [0.5, 0.6) is 23.0 Å². The van der Waals surface area contributed by atoms with E-state index < -0.39 is 35.6 Å². The summed E-state index contributed by atoms with van der Waals surface area (Å²) < 4.78 is 79.0. The number of esters is 1. The second kappa shape index (κ2) is 14.5. The molecule has 1 atom stereocenters. The number of likely N-dealkylation sites (N-methyl/N-ethyl adjacent to an activating group) is 1. The van der Waals surface area contributed by atoms with Crippen LogP contribution in [-0.2, 0) is 21.3 Å². The van der Waals surface area contributed by atoms with Crippen LogP contribution in [0.25, 0.3) is 11.0 Å². The van der Waals surface area contributed by atoms with Gasteiger partial charge in [0.05, 0.1) is 66.7 Å². The number of benzene rings is 2. The molecule has 4 aromatic rings. The van der Waals surface area contributed by atoms with Crippen LogP contribution in [0.3, 0.4) is 0 Å².